The highest BCUT2D eigenvalue weighted by Crippen LogP contribution is 2.38. The van der Waals surface area contributed by atoms with Crippen molar-refractivity contribution in [3.8, 4) is 0 Å². The van der Waals surface area contributed by atoms with Crippen LogP contribution in [0.1, 0.15) is 32.1 Å². The third-order valence-electron chi connectivity index (χ3n) is 5.21. The zero-order valence-electron chi connectivity index (χ0n) is 12.6. The van der Waals surface area contributed by atoms with Crippen LogP contribution < -0.4 is 5.73 Å². The van der Waals surface area contributed by atoms with Crippen LogP contribution in [0.5, 0.6) is 0 Å². The molecule has 2 atom stereocenters. The molecular formula is C15H28N2O3. The molecular weight excluding hydrogens is 256 g/mol. The fraction of sp³-hybridized carbons (Fsp3) is 1.00. The van der Waals surface area contributed by atoms with Gasteiger partial charge in [-0.15, -0.1) is 0 Å². The molecule has 20 heavy (non-hydrogen) atoms. The SMILES string of the molecule is COCC1CCN(C2CC3(CCC2N)OCCO3)CC1. The molecule has 2 N–H and O–H groups in total. The highest BCUT2D eigenvalue weighted by atomic mass is 16.7. The van der Waals surface area contributed by atoms with E-state index in [1.54, 1.807) is 7.11 Å². The summed E-state index contributed by atoms with van der Waals surface area (Å²) in [5, 5.41) is 0. The number of nitrogens with two attached hydrogens (primary N) is 1. The minimum atomic E-state index is -0.329. The van der Waals surface area contributed by atoms with E-state index in [0.29, 0.717) is 12.0 Å². The third kappa shape index (κ3) is 3.02. The summed E-state index contributed by atoms with van der Waals surface area (Å²) < 4.78 is 17.0. The standard InChI is InChI=1S/C15H28N2O3/c1-18-11-12-3-6-17(7-4-12)14-10-15(5-2-13(14)16)19-8-9-20-15/h12-14H,2-11,16H2,1H3. The molecule has 0 radical (unpaired) electrons. The predicted octanol–water partition coefficient (Wildman–Crippen LogP) is 0.968. The first-order valence-corrected chi connectivity index (χ1v) is 7.99. The van der Waals surface area contributed by atoms with Crippen LogP contribution >= 0.6 is 0 Å². The Labute approximate surface area is 121 Å². The molecule has 3 fully saturated rings. The molecule has 0 aromatic rings. The van der Waals surface area contributed by atoms with Gasteiger partial charge in [-0.2, -0.15) is 0 Å². The Morgan fingerprint density at radius 2 is 1.90 bits per heavy atom. The lowest BCUT2D eigenvalue weighted by molar-refractivity contribution is -0.193. The lowest BCUT2D eigenvalue weighted by Crippen LogP contribution is -2.57. The first kappa shape index (κ1) is 14.7. The topological polar surface area (TPSA) is 57.0 Å². The van der Waals surface area contributed by atoms with E-state index in [4.69, 9.17) is 19.9 Å². The maximum atomic E-state index is 6.38. The number of nitrogens with zero attached hydrogens (tertiary/aromatic N) is 1. The molecule has 2 aliphatic heterocycles. The number of piperidine rings is 1. The Hall–Kier alpha value is -0.200. The fourth-order valence-corrected chi connectivity index (χ4v) is 4.00. The van der Waals surface area contributed by atoms with Crippen LogP contribution in [0.4, 0.5) is 0 Å². The van der Waals surface area contributed by atoms with Gasteiger partial charge in [0.15, 0.2) is 5.79 Å². The van der Waals surface area contributed by atoms with Gasteiger partial charge < -0.3 is 19.9 Å². The Balaban J connectivity index is 1.58. The molecule has 2 heterocycles. The molecule has 1 aliphatic carbocycles. The number of ether oxygens (including phenoxy) is 3. The Morgan fingerprint density at radius 3 is 2.55 bits per heavy atom. The minimum Gasteiger partial charge on any atom is -0.384 e. The number of hydrogen-bond acceptors (Lipinski definition) is 5. The Morgan fingerprint density at radius 1 is 1.20 bits per heavy atom. The summed E-state index contributed by atoms with van der Waals surface area (Å²) in [5.41, 5.74) is 6.38. The van der Waals surface area contributed by atoms with E-state index in [1.807, 2.05) is 0 Å². The minimum absolute atomic E-state index is 0.257. The van der Waals surface area contributed by atoms with Gasteiger partial charge in [-0.1, -0.05) is 0 Å². The van der Waals surface area contributed by atoms with Crippen molar-refractivity contribution in [2.45, 2.75) is 50.0 Å². The van der Waals surface area contributed by atoms with Crippen LogP contribution in [0.15, 0.2) is 0 Å². The lowest BCUT2D eigenvalue weighted by Gasteiger charge is -2.46. The van der Waals surface area contributed by atoms with Crippen LogP contribution in [0.3, 0.4) is 0 Å². The monoisotopic (exact) mass is 284 g/mol. The van der Waals surface area contributed by atoms with E-state index in [1.165, 1.54) is 12.8 Å². The molecule has 0 bridgehead atoms. The van der Waals surface area contributed by atoms with E-state index in [0.717, 1.165) is 52.2 Å². The molecule has 0 amide bonds. The molecule has 1 spiro atoms. The molecule has 5 heteroatoms. The summed E-state index contributed by atoms with van der Waals surface area (Å²) in [6.45, 7) is 4.61. The maximum absolute atomic E-state index is 6.38. The van der Waals surface area contributed by atoms with Gasteiger partial charge in [-0.25, -0.2) is 0 Å². The predicted molar refractivity (Wildman–Crippen MR) is 76.4 cm³/mol. The van der Waals surface area contributed by atoms with Crippen molar-refractivity contribution in [3.63, 3.8) is 0 Å². The van der Waals surface area contributed by atoms with Crippen molar-refractivity contribution in [1.29, 1.82) is 0 Å². The number of rotatable bonds is 3. The quantitative estimate of drug-likeness (QED) is 0.837. The Kier molecular flexibility index (Phi) is 4.62. The van der Waals surface area contributed by atoms with E-state index in [-0.39, 0.29) is 11.8 Å². The lowest BCUT2D eigenvalue weighted by atomic mass is 9.83. The summed E-state index contributed by atoms with van der Waals surface area (Å²) in [4.78, 5) is 2.56. The van der Waals surface area contributed by atoms with Gasteiger partial charge in [0.05, 0.1) is 13.2 Å². The van der Waals surface area contributed by atoms with Gasteiger partial charge in [0.1, 0.15) is 0 Å². The zero-order valence-corrected chi connectivity index (χ0v) is 12.6. The second-order valence-electron chi connectivity index (χ2n) is 6.52. The van der Waals surface area contributed by atoms with Gasteiger partial charge in [-0.05, 0) is 38.3 Å². The first-order valence-electron chi connectivity index (χ1n) is 7.99. The summed E-state index contributed by atoms with van der Waals surface area (Å²) in [6.07, 6.45) is 5.31. The van der Waals surface area contributed by atoms with Crippen LogP contribution in [0, 0.1) is 5.92 Å². The molecule has 5 nitrogen and oxygen atoms in total. The van der Waals surface area contributed by atoms with Gasteiger partial charge in [0.2, 0.25) is 0 Å². The van der Waals surface area contributed by atoms with Gasteiger partial charge in [0.25, 0.3) is 0 Å². The van der Waals surface area contributed by atoms with Crippen LogP contribution in [-0.4, -0.2) is 62.8 Å². The largest absolute Gasteiger partial charge is 0.384 e. The summed E-state index contributed by atoms with van der Waals surface area (Å²) in [5.74, 6) is 0.383. The van der Waals surface area contributed by atoms with E-state index in [9.17, 15) is 0 Å². The summed E-state index contributed by atoms with van der Waals surface area (Å²) in [6, 6.07) is 0.665. The summed E-state index contributed by atoms with van der Waals surface area (Å²) in [7, 11) is 1.79. The van der Waals surface area contributed by atoms with E-state index < -0.39 is 0 Å². The molecule has 2 unspecified atom stereocenters. The normalized spacial score (nSPS) is 35.7. The molecule has 1 saturated carbocycles. The van der Waals surface area contributed by atoms with Crippen molar-refractivity contribution < 1.29 is 14.2 Å². The molecule has 2 saturated heterocycles. The number of likely N-dealkylation sites (tertiary alicyclic amines) is 1. The van der Waals surface area contributed by atoms with Crippen molar-refractivity contribution in [2.24, 2.45) is 11.7 Å². The van der Waals surface area contributed by atoms with Crippen molar-refractivity contribution in [2.75, 3.05) is 40.0 Å². The van der Waals surface area contributed by atoms with E-state index in [2.05, 4.69) is 4.90 Å². The average molecular weight is 284 g/mol. The molecule has 116 valence electrons. The molecule has 0 aromatic carbocycles. The molecule has 3 rings (SSSR count). The van der Waals surface area contributed by atoms with Crippen LogP contribution in [0.2, 0.25) is 0 Å². The zero-order chi connectivity index (χ0) is 14.0. The van der Waals surface area contributed by atoms with Crippen LogP contribution in [0.25, 0.3) is 0 Å². The second-order valence-corrected chi connectivity index (χ2v) is 6.52. The third-order valence-corrected chi connectivity index (χ3v) is 5.21. The molecule has 0 aromatic heterocycles. The number of methoxy groups -OCH3 is 1. The van der Waals surface area contributed by atoms with Crippen molar-refractivity contribution >= 4 is 0 Å². The number of hydrogen-bond donors (Lipinski definition) is 1. The van der Waals surface area contributed by atoms with Crippen LogP contribution in [-0.2, 0) is 14.2 Å². The van der Waals surface area contributed by atoms with E-state index >= 15 is 0 Å². The average Bonchev–Trinajstić information content (AvgIpc) is 2.92. The Bertz CT molecular complexity index is 312. The highest BCUT2D eigenvalue weighted by molar-refractivity contribution is 4.96. The smallest absolute Gasteiger partial charge is 0.170 e. The summed E-state index contributed by atoms with van der Waals surface area (Å²) >= 11 is 0. The fourth-order valence-electron chi connectivity index (χ4n) is 4.00. The van der Waals surface area contributed by atoms with Gasteiger partial charge in [-0.3, -0.25) is 4.90 Å². The van der Waals surface area contributed by atoms with Gasteiger partial charge in [0, 0.05) is 38.6 Å². The van der Waals surface area contributed by atoms with Crippen molar-refractivity contribution in [3.05, 3.63) is 0 Å². The van der Waals surface area contributed by atoms with Gasteiger partial charge >= 0.3 is 0 Å². The van der Waals surface area contributed by atoms with Crippen molar-refractivity contribution in [1.82, 2.24) is 4.90 Å². The first-order chi connectivity index (χ1) is 9.72. The molecule has 3 aliphatic rings. The second kappa shape index (κ2) is 6.28. The maximum Gasteiger partial charge on any atom is 0.170 e. The highest BCUT2D eigenvalue weighted by Gasteiger charge is 2.46.